The molecule has 3 nitrogen and oxygen atoms in total. The molecule has 0 amide bonds. The highest BCUT2D eigenvalue weighted by Gasteiger charge is 2.50. The van der Waals surface area contributed by atoms with Gasteiger partial charge >= 0.3 is 0 Å². The van der Waals surface area contributed by atoms with Crippen LogP contribution in [-0.2, 0) is 5.41 Å². The Balaban J connectivity index is 1.07. The number of hydrogen-bond acceptors (Lipinski definition) is 4. The van der Waals surface area contributed by atoms with Gasteiger partial charge in [-0.3, -0.25) is 0 Å². The van der Waals surface area contributed by atoms with E-state index in [-0.39, 0.29) is 0 Å². The largest absolute Gasteiger partial charge is 0.247 e. The zero-order chi connectivity index (χ0) is 42.2. The van der Waals surface area contributed by atoms with Crippen LogP contribution in [0.15, 0.2) is 234 Å². The molecule has 1 spiro atoms. The van der Waals surface area contributed by atoms with E-state index in [0.29, 0.717) is 5.82 Å². The summed E-state index contributed by atoms with van der Waals surface area (Å²) in [5, 5.41) is 3.48. The third-order valence-electron chi connectivity index (χ3n) is 13.1. The number of rotatable bonds is 5. The van der Waals surface area contributed by atoms with E-state index in [0.717, 1.165) is 61.2 Å². The van der Waals surface area contributed by atoms with Crippen LogP contribution >= 0.6 is 11.8 Å². The van der Waals surface area contributed by atoms with Crippen LogP contribution in [0.25, 0.3) is 89.1 Å². The summed E-state index contributed by atoms with van der Waals surface area (Å²) in [4.78, 5) is 18.6. The van der Waals surface area contributed by atoms with Crippen molar-refractivity contribution < 1.29 is 0 Å². The Morgan fingerprint density at radius 1 is 0.344 bits per heavy atom. The molecule has 0 fully saturated rings. The molecule has 9 aromatic carbocycles. The Hall–Kier alpha value is -7.92. The maximum Gasteiger partial charge on any atom is 0.160 e. The summed E-state index contributed by atoms with van der Waals surface area (Å²) >= 11 is 1.89. The van der Waals surface area contributed by atoms with E-state index in [9.17, 15) is 0 Å². The third kappa shape index (κ3) is 5.59. The number of nitrogens with zero attached hydrogens (tertiary/aromatic N) is 3. The molecule has 3 heterocycles. The molecule has 0 atom stereocenters. The van der Waals surface area contributed by atoms with E-state index in [2.05, 4.69) is 206 Å². The standard InChI is InChI=1S/C60H37N3S/c1-4-17-38(18-5-1)41-23-16-24-42(35-41)52-37-53(63-59(62-52)40-21-8-3-9-22-40)43-31-32-46-54(36-43)61-57(39-19-6-2-7-20-39)47-33-34-51-58(56(46)47)64-55-30-15-14-29-50(55)60(51)48-27-12-10-25-44(48)45-26-11-13-28-49(45)60/h1-37H. The smallest absolute Gasteiger partial charge is 0.160 e. The molecule has 11 aromatic rings. The van der Waals surface area contributed by atoms with Crippen LogP contribution in [0.5, 0.6) is 0 Å². The summed E-state index contributed by atoms with van der Waals surface area (Å²) in [6.45, 7) is 0. The quantitative estimate of drug-likeness (QED) is 0.162. The zero-order valence-corrected chi connectivity index (χ0v) is 35.4. The van der Waals surface area contributed by atoms with Crippen LogP contribution in [0.1, 0.15) is 22.3 Å². The summed E-state index contributed by atoms with van der Waals surface area (Å²) in [6.07, 6.45) is 0. The summed E-state index contributed by atoms with van der Waals surface area (Å²) in [6, 6.07) is 80.7. The normalized spacial score (nSPS) is 13.1. The first-order valence-corrected chi connectivity index (χ1v) is 22.6. The first kappa shape index (κ1) is 36.7. The molecule has 298 valence electrons. The van der Waals surface area contributed by atoms with Crippen molar-refractivity contribution in [1.82, 2.24) is 15.0 Å². The Morgan fingerprint density at radius 3 is 1.59 bits per heavy atom. The van der Waals surface area contributed by atoms with Crippen LogP contribution in [-0.4, -0.2) is 15.0 Å². The lowest BCUT2D eigenvalue weighted by molar-refractivity contribution is 0.726. The molecular formula is C60H37N3S. The fraction of sp³-hybridized carbons (Fsp3) is 0.0167. The molecule has 1 aliphatic heterocycles. The molecule has 2 aromatic heterocycles. The fourth-order valence-corrected chi connectivity index (χ4v) is 11.7. The first-order valence-electron chi connectivity index (χ1n) is 21.8. The molecule has 13 rings (SSSR count). The number of fused-ring (bicyclic) bond motifs is 13. The second-order valence-corrected chi connectivity index (χ2v) is 17.7. The second kappa shape index (κ2) is 14.6. The highest BCUT2D eigenvalue weighted by atomic mass is 32.2. The molecule has 0 radical (unpaired) electrons. The number of pyridine rings is 1. The Morgan fingerprint density at radius 2 is 0.891 bits per heavy atom. The van der Waals surface area contributed by atoms with Gasteiger partial charge in [0.05, 0.1) is 28.0 Å². The second-order valence-electron chi connectivity index (χ2n) is 16.6. The zero-order valence-electron chi connectivity index (χ0n) is 34.6. The minimum atomic E-state index is -0.482. The van der Waals surface area contributed by atoms with Gasteiger partial charge in [0, 0.05) is 48.2 Å². The van der Waals surface area contributed by atoms with Gasteiger partial charge < -0.3 is 0 Å². The van der Waals surface area contributed by atoms with Crippen molar-refractivity contribution in [2.24, 2.45) is 0 Å². The van der Waals surface area contributed by atoms with Crippen LogP contribution in [0.4, 0.5) is 0 Å². The average Bonchev–Trinajstić information content (AvgIpc) is 3.67. The van der Waals surface area contributed by atoms with Gasteiger partial charge in [0.2, 0.25) is 0 Å². The van der Waals surface area contributed by atoms with Crippen LogP contribution in [0.2, 0.25) is 0 Å². The van der Waals surface area contributed by atoms with Crippen molar-refractivity contribution in [3.05, 3.63) is 247 Å². The summed E-state index contributed by atoms with van der Waals surface area (Å²) < 4.78 is 0. The molecule has 0 N–H and O–H groups in total. The summed E-state index contributed by atoms with van der Waals surface area (Å²) in [5.41, 5.74) is 17.4. The first-order chi connectivity index (χ1) is 31.7. The predicted octanol–water partition coefficient (Wildman–Crippen LogP) is 15.3. The van der Waals surface area contributed by atoms with Gasteiger partial charge in [0.25, 0.3) is 0 Å². The van der Waals surface area contributed by atoms with Crippen LogP contribution in [0, 0.1) is 0 Å². The molecule has 0 saturated carbocycles. The van der Waals surface area contributed by atoms with Gasteiger partial charge in [-0.25, -0.2) is 15.0 Å². The minimum Gasteiger partial charge on any atom is -0.247 e. The predicted molar refractivity (Wildman–Crippen MR) is 263 cm³/mol. The van der Waals surface area contributed by atoms with Gasteiger partial charge in [0.15, 0.2) is 5.82 Å². The van der Waals surface area contributed by atoms with Gasteiger partial charge in [-0.2, -0.15) is 0 Å². The van der Waals surface area contributed by atoms with Crippen molar-refractivity contribution in [2.45, 2.75) is 15.2 Å². The number of hydrogen-bond donors (Lipinski definition) is 0. The Bertz CT molecular complexity index is 3590. The highest BCUT2D eigenvalue weighted by molar-refractivity contribution is 7.99. The van der Waals surface area contributed by atoms with Crippen molar-refractivity contribution in [3.63, 3.8) is 0 Å². The maximum atomic E-state index is 5.57. The van der Waals surface area contributed by atoms with E-state index in [4.69, 9.17) is 15.0 Å². The van der Waals surface area contributed by atoms with Gasteiger partial charge in [-0.15, -0.1) is 0 Å². The van der Waals surface area contributed by atoms with E-state index < -0.39 is 5.41 Å². The minimum absolute atomic E-state index is 0.482. The molecule has 4 heteroatoms. The van der Waals surface area contributed by atoms with E-state index in [1.165, 1.54) is 54.1 Å². The highest BCUT2D eigenvalue weighted by Crippen LogP contribution is 2.63. The molecule has 2 aliphatic rings. The third-order valence-corrected chi connectivity index (χ3v) is 14.3. The lowest BCUT2D eigenvalue weighted by Crippen LogP contribution is -2.32. The lowest BCUT2D eigenvalue weighted by atomic mass is 9.67. The SMILES string of the molecule is c1ccc(-c2cccc(-c3cc(-c4ccc5c(c4)nc(-c4ccccc4)c4ccc6c(c45)Sc4ccccc4C64c5ccccc5-c5ccccc54)nc(-c4ccccc4)n3)c2)cc1. The fourth-order valence-electron chi connectivity index (χ4n) is 10.3. The van der Waals surface area contributed by atoms with Gasteiger partial charge in [-0.05, 0) is 68.8 Å². The maximum absolute atomic E-state index is 5.57. The van der Waals surface area contributed by atoms with E-state index >= 15 is 0 Å². The molecule has 0 bridgehead atoms. The van der Waals surface area contributed by atoms with Crippen LogP contribution in [0.3, 0.4) is 0 Å². The summed E-state index contributed by atoms with van der Waals surface area (Å²) in [5.74, 6) is 0.682. The van der Waals surface area contributed by atoms with Crippen LogP contribution < -0.4 is 0 Å². The van der Waals surface area contributed by atoms with Crippen molar-refractivity contribution in [2.75, 3.05) is 0 Å². The average molecular weight is 832 g/mol. The van der Waals surface area contributed by atoms with E-state index in [1.54, 1.807) is 0 Å². The van der Waals surface area contributed by atoms with Gasteiger partial charge in [0.1, 0.15) is 0 Å². The van der Waals surface area contributed by atoms with Crippen molar-refractivity contribution in [3.8, 4) is 67.4 Å². The topological polar surface area (TPSA) is 38.7 Å². The number of aromatic nitrogens is 3. The van der Waals surface area contributed by atoms with Crippen molar-refractivity contribution >= 4 is 33.4 Å². The monoisotopic (exact) mass is 831 g/mol. The molecule has 0 unspecified atom stereocenters. The molecule has 0 saturated heterocycles. The van der Waals surface area contributed by atoms with Crippen molar-refractivity contribution in [1.29, 1.82) is 0 Å². The van der Waals surface area contributed by atoms with Gasteiger partial charge in [-0.1, -0.05) is 212 Å². The Labute approximate surface area is 375 Å². The molecule has 64 heavy (non-hydrogen) atoms. The van der Waals surface area contributed by atoms with E-state index in [1.807, 2.05) is 30.0 Å². The lowest BCUT2D eigenvalue weighted by Gasteiger charge is -2.40. The number of benzene rings is 9. The summed E-state index contributed by atoms with van der Waals surface area (Å²) in [7, 11) is 0. The molecular weight excluding hydrogens is 795 g/mol. The molecule has 1 aliphatic carbocycles. The Kier molecular flexibility index (Phi) is 8.37.